The molecule has 0 saturated heterocycles. The molecule has 1 atom stereocenters. The summed E-state index contributed by atoms with van der Waals surface area (Å²) in [5.41, 5.74) is -3.14. The fourth-order valence-electron chi connectivity index (χ4n) is 7.05. The molecule has 0 heterocycles. The highest BCUT2D eigenvalue weighted by Crippen LogP contribution is 2.37. The third-order valence-corrected chi connectivity index (χ3v) is 10.3. The highest BCUT2D eigenvalue weighted by atomic mass is 16.4. The maximum Gasteiger partial charge on any atom is 0.336 e. The van der Waals surface area contributed by atoms with E-state index in [4.69, 9.17) is 20.4 Å². The largest absolute Gasteiger partial charge is 0.481 e. The summed E-state index contributed by atoms with van der Waals surface area (Å²) in [5, 5.41) is 46.0. The third-order valence-electron chi connectivity index (χ3n) is 10.3. The van der Waals surface area contributed by atoms with Gasteiger partial charge in [-0.2, -0.15) is 0 Å². The molecule has 0 aromatic heterocycles. The molecule has 0 radical (unpaired) electrons. The lowest BCUT2D eigenvalue weighted by atomic mass is 9.74. The zero-order chi connectivity index (χ0) is 37.9. The van der Waals surface area contributed by atoms with Gasteiger partial charge in [0.05, 0.1) is 18.4 Å². The monoisotopic (exact) mass is 715 g/mol. The molecular formula is C42H82O8. The van der Waals surface area contributed by atoms with Crippen LogP contribution in [0.15, 0.2) is 0 Å². The molecule has 0 aliphatic rings. The van der Waals surface area contributed by atoms with Crippen LogP contribution in [0, 0.1) is 5.92 Å². The molecule has 8 heteroatoms. The fraction of sp³-hybridized carbons (Fsp3) is 0.929. The van der Waals surface area contributed by atoms with E-state index < -0.39 is 42.0 Å². The van der Waals surface area contributed by atoms with Crippen molar-refractivity contribution in [2.45, 2.75) is 244 Å². The van der Waals surface area contributed by atoms with Crippen molar-refractivity contribution in [3.05, 3.63) is 0 Å². The molecule has 0 aromatic carbocycles. The molecule has 0 bridgehead atoms. The number of hydrogen-bond donors (Lipinski definition) is 5. The molecule has 0 spiro atoms. The van der Waals surface area contributed by atoms with Crippen molar-refractivity contribution in [2.75, 3.05) is 0 Å². The minimum absolute atomic E-state index is 0.403. The van der Waals surface area contributed by atoms with Gasteiger partial charge in [-0.1, -0.05) is 195 Å². The van der Waals surface area contributed by atoms with Crippen LogP contribution >= 0.6 is 0 Å². The number of aliphatic hydroxyl groups is 2. The van der Waals surface area contributed by atoms with E-state index in [2.05, 4.69) is 27.7 Å². The van der Waals surface area contributed by atoms with Crippen LogP contribution in [0.4, 0.5) is 0 Å². The third kappa shape index (κ3) is 30.0. The molecular weight excluding hydrogens is 632 g/mol. The minimum atomic E-state index is -2.74. The van der Waals surface area contributed by atoms with E-state index in [0.29, 0.717) is 5.92 Å². The summed E-state index contributed by atoms with van der Waals surface area (Å²) in [6.45, 7) is 9.22. The zero-order valence-corrected chi connectivity index (χ0v) is 33.2. The van der Waals surface area contributed by atoms with Gasteiger partial charge in [-0.15, -0.1) is 0 Å². The van der Waals surface area contributed by atoms with Crippen LogP contribution in [-0.4, -0.2) is 54.6 Å². The maximum atomic E-state index is 12.2. The van der Waals surface area contributed by atoms with Crippen LogP contribution in [0.1, 0.15) is 233 Å². The van der Waals surface area contributed by atoms with Crippen LogP contribution < -0.4 is 0 Å². The average Bonchev–Trinajstić information content (AvgIpc) is 3.05. The smallest absolute Gasteiger partial charge is 0.336 e. The Morgan fingerprint density at radius 1 is 0.420 bits per heavy atom. The van der Waals surface area contributed by atoms with Crippen LogP contribution in [0.3, 0.4) is 0 Å². The highest BCUT2D eigenvalue weighted by molar-refractivity contribution is 5.88. The number of hydrogen-bond acceptors (Lipinski definition) is 5. The van der Waals surface area contributed by atoms with Gasteiger partial charge in [0.25, 0.3) is 0 Å². The second-order valence-corrected chi connectivity index (χ2v) is 15.1. The van der Waals surface area contributed by atoms with E-state index in [1.807, 2.05) is 0 Å². The predicted molar refractivity (Wildman–Crippen MR) is 207 cm³/mol. The Morgan fingerprint density at radius 3 is 0.940 bits per heavy atom. The highest BCUT2D eigenvalue weighted by Gasteiger charge is 2.41. The van der Waals surface area contributed by atoms with Crippen LogP contribution in [-0.2, 0) is 14.4 Å². The van der Waals surface area contributed by atoms with Gasteiger partial charge in [0.2, 0.25) is 0 Å². The number of carboxylic acids is 3. The quantitative estimate of drug-likeness (QED) is 0.0402. The van der Waals surface area contributed by atoms with Crippen molar-refractivity contribution in [1.29, 1.82) is 0 Å². The molecule has 0 aliphatic carbocycles. The van der Waals surface area contributed by atoms with Gasteiger partial charge in [-0.25, -0.2) is 4.79 Å². The zero-order valence-electron chi connectivity index (χ0n) is 33.2. The fourth-order valence-corrected chi connectivity index (χ4v) is 7.05. The maximum absolute atomic E-state index is 12.2. The van der Waals surface area contributed by atoms with Gasteiger partial charge in [-0.3, -0.25) is 9.59 Å². The number of rotatable bonds is 36. The predicted octanol–water partition coefficient (Wildman–Crippen LogP) is 11.9. The van der Waals surface area contributed by atoms with Gasteiger partial charge in [-0.05, 0) is 31.6 Å². The van der Waals surface area contributed by atoms with Crippen LogP contribution in [0.5, 0.6) is 0 Å². The lowest BCUT2D eigenvalue weighted by Gasteiger charge is -2.37. The van der Waals surface area contributed by atoms with Gasteiger partial charge in [0.1, 0.15) is 0 Å². The van der Waals surface area contributed by atoms with Crippen molar-refractivity contribution >= 4 is 17.9 Å². The second-order valence-electron chi connectivity index (χ2n) is 15.1. The summed E-state index contributed by atoms with van der Waals surface area (Å²) >= 11 is 0. The summed E-state index contributed by atoms with van der Waals surface area (Å²) in [5.74, 6) is -4.49. The molecule has 0 aliphatic heterocycles. The van der Waals surface area contributed by atoms with Gasteiger partial charge < -0.3 is 25.5 Å². The van der Waals surface area contributed by atoms with Crippen molar-refractivity contribution in [3.8, 4) is 0 Å². The first kappa shape index (κ1) is 50.4. The lowest BCUT2D eigenvalue weighted by molar-refractivity contribution is -0.170. The van der Waals surface area contributed by atoms with E-state index >= 15 is 0 Å². The minimum Gasteiger partial charge on any atom is -0.481 e. The summed E-state index contributed by atoms with van der Waals surface area (Å²) < 4.78 is 0. The summed E-state index contributed by atoms with van der Waals surface area (Å²) in [4.78, 5) is 30.5. The molecule has 0 saturated carbocycles. The Labute approximate surface area is 307 Å². The first-order chi connectivity index (χ1) is 23.9. The Hall–Kier alpha value is -1.67. The summed E-state index contributed by atoms with van der Waals surface area (Å²) in [6.07, 6.45) is 37.7. The Kier molecular flexibility index (Phi) is 34.7. The van der Waals surface area contributed by atoms with E-state index in [0.717, 1.165) is 12.8 Å². The van der Waals surface area contributed by atoms with E-state index in [-0.39, 0.29) is 0 Å². The standard InChI is InChI=1S/C36H74O.C6H8O7/c1-5-9-13-17-21-22-24-28-32-35(31-27-23-18-14-10-6-2)36(37,33-29-25-19-15-11-7-3)34-30-26-20-16-12-8-4;7-3(8)1-6(13,5(11)12)2-4(9)10/h35,37H,5-34H2,1-4H3;13H,1-2H2,(H,7,8)(H,9,10)(H,11,12). The molecule has 8 nitrogen and oxygen atoms in total. The normalized spacial score (nSPS) is 12.4. The number of carboxylic acid groups (broad SMARTS) is 3. The molecule has 0 aromatic rings. The molecule has 5 N–H and O–H groups in total. The van der Waals surface area contributed by atoms with Crippen molar-refractivity contribution < 1.29 is 39.9 Å². The summed E-state index contributed by atoms with van der Waals surface area (Å²) in [7, 11) is 0. The van der Waals surface area contributed by atoms with E-state index in [9.17, 15) is 19.5 Å². The molecule has 50 heavy (non-hydrogen) atoms. The Bertz CT molecular complexity index is 767. The SMILES string of the molecule is CCCCCCCCCCC(CCCCCCCC)C(O)(CCCCCCCC)CCCCCCCC.O=C(O)CC(O)(CC(=O)O)C(=O)O. The van der Waals surface area contributed by atoms with Gasteiger partial charge in [0.15, 0.2) is 5.60 Å². The topological polar surface area (TPSA) is 152 Å². The summed E-state index contributed by atoms with van der Waals surface area (Å²) in [6, 6.07) is 0. The lowest BCUT2D eigenvalue weighted by Crippen LogP contribution is -2.42. The van der Waals surface area contributed by atoms with Crippen LogP contribution in [0.2, 0.25) is 0 Å². The van der Waals surface area contributed by atoms with Crippen molar-refractivity contribution in [3.63, 3.8) is 0 Å². The molecule has 0 rings (SSSR count). The van der Waals surface area contributed by atoms with Gasteiger partial charge in [0, 0.05) is 0 Å². The van der Waals surface area contributed by atoms with E-state index in [1.54, 1.807) is 0 Å². The van der Waals surface area contributed by atoms with Gasteiger partial charge >= 0.3 is 17.9 Å². The first-order valence-corrected chi connectivity index (χ1v) is 21.0. The van der Waals surface area contributed by atoms with Crippen molar-refractivity contribution in [2.24, 2.45) is 5.92 Å². The van der Waals surface area contributed by atoms with Crippen molar-refractivity contribution in [1.82, 2.24) is 0 Å². The number of unbranched alkanes of at least 4 members (excludes halogenated alkanes) is 22. The molecule has 0 fully saturated rings. The molecule has 0 amide bonds. The second kappa shape index (κ2) is 34.4. The Balaban J connectivity index is 0. The number of aliphatic carboxylic acids is 3. The van der Waals surface area contributed by atoms with E-state index in [1.165, 1.54) is 180 Å². The molecule has 298 valence electrons. The molecule has 1 unspecified atom stereocenters. The first-order valence-electron chi connectivity index (χ1n) is 21.0. The Morgan fingerprint density at radius 2 is 0.680 bits per heavy atom. The average molecular weight is 715 g/mol. The van der Waals surface area contributed by atoms with Crippen LogP contribution in [0.25, 0.3) is 0 Å². The number of carbonyl (C=O) groups is 3.